The molecule has 2 aromatic carbocycles. The van der Waals surface area contributed by atoms with Gasteiger partial charge in [-0.3, -0.25) is 4.79 Å². The van der Waals surface area contributed by atoms with Crippen molar-refractivity contribution in [3.63, 3.8) is 0 Å². The smallest absolute Gasteiger partial charge is 0.371 e. The number of nitrogens with zero attached hydrogens (tertiary/aromatic N) is 1. The summed E-state index contributed by atoms with van der Waals surface area (Å²) in [5.74, 6) is -0.0741. The number of alkyl halides is 6. The van der Waals surface area contributed by atoms with Crippen molar-refractivity contribution in [3.05, 3.63) is 70.8 Å². The maximum absolute atomic E-state index is 13.3. The van der Waals surface area contributed by atoms with Crippen LogP contribution in [0.1, 0.15) is 41.5 Å². The minimum atomic E-state index is -4.91. The summed E-state index contributed by atoms with van der Waals surface area (Å²) in [6.45, 7) is 1.08. The molecule has 2 saturated heterocycles. The predicted octanol–water partition coefficient (Wildman–Crippen LogP) is 5.12. The highest BCUT2D eigenvalue weighted by atomic mass is 19.4. The fourth-order valence-corrected chi connectivity index (χ4v) is 6.80. The van der Waals surface area contributed by atoms with Crippen LogP contribution >= 0.6 is 0 Å². The van der Waals surface area contributed by atoms with Crippen LogP contribution in [0.15, 0.2) is 48.5 Å². The molecule has 192 valence electrons. The average molecular weight is 510 g/mol. The summed E-state index contributed by atoms with van der Waals surface area (Å²) < 4.78 is 85.6. The molecule has 5 unspecified atom stereocenters. The quantitative estimate of drug-likeness (QED) is 0.568. The van der Waals surface area contributed by atoms with Crippen LogP contribution in [0, 0.1) is 11.3 Å². The number of halogens is 6. The molecule has 0 radical (unpaired) electrons. The van der Waals surface area contributed by atoms with Crippen molar-refractivity contribution in [3.8, 4) is 0 Å². The summed E-state index contributed by atoms with van der Waals surface area (Å²) in [7, 11) is 0. The number of benzene rings is 2. The van der Waals surface area contributed by atoms with Crippen LogP contribution < -0.4 is 5.32 Å². The normalized spacial score (nSPS) is 32.8. The first kappa shape index (κ1) is 23.8. The van der Waals surface area contributed by atoms with Gasteiger partial charge in [-0.15, -0.1) is 0 Å². The molecule has 0 bridgehead atoms. The highest BCUT2D eigenvalue weighted by Crippen LogP contribution is 2.82. The summed E-state index contributed by atoms with van der Waals surface area (Å²) >= 11 is 0. The van der Waals surface area contributed by atoms with Crippen molar-refractivity contribution in [2.75, 3.05) is 13.1 Å². The largest absolute Gasteiger partial charge is 0.416 e. The first-order valence-corrected chi connectivity index (χ1v) is 12.0. The number of rotatable bonds is 5. The van der Waals surface area contributed by atoms with Gasteiger partial charge in [0.2, 0.25) is 5.91 Å². The molecule has 1 amide bonds. The van der Waals surface area contributed by atoms with Crippen LogP contribution in [-0.4, -0.2) is 36.0 Å². The molecule has 4 nitrogen and oxygen atoms in total. The highest BCUT2D eigenvalue weighted by molar-refractivity contribution is 5.87. The number of piperidine rings is 1. The number of ether oxygens (including phenoxy) is 1. The van der Waals surface area contributed by atoms with Crippen molar-refractivity contribution >= 4 is 5.91 Å². The van der Waals surface area contributed by atoms with Gasteiger partial charge in [0.25, 0.3) is 0 Å². The van der Waals surface area contributed by atoms with Gasteiger partial charge >= 0.3 is 12.4 Å². The summed E-state index contributed by atoms with van der Waals surface area (Å²) in [6, 6.07) is 11.0. The van der Waals surface area contributed by atoms with E-state index in [1.54, 1.807) is 0 Å². The zero-order valence-electron chi connectivity index (χ0n) is 19.1. The zero-order valence-corrected chi connectivity index (χ0v) is 19.1. The molecule has 4 aliphatic rings. The van der Waals surface area contributed by atoms with Crippen molar-refractivity contribution in [1.29, 1.82) is 0 Å². The van der Waals surface area contributed by atoms with Gasteiger partial charge in [0.15, 0.2) is 0 Å². The number of hydrogen-bond donors (Lipinski definition) is 1. The molecule has 36 heavy (non-hydrogen) atoms. The summed E-state index contributed by atoms with van der Waals surface area (Å²) in [5.41, 5.74) is -3.03. The topological polar surface area (TPSA) is 41.6 Å². The van der Waals surface area contributed by atoms with E-state index in [-0.39, 0.29) is 34.9 Å². The molecule has 1 N–H and O–H groups in total. The molecule has 2 aliphatic heterocycles. The lowest BCUT2D eigenvalue weighted by atomic mass is 9.52. The minimum absolute atomic E-state index is 0.0102. The molecule has 5 atom stereocenters. The summed E-state index contributed by atoms with van der Waals surface area (Å²) in [4.78, 5) is 15.1. The maximum Gasteiger partial charge on any atom is 0.416 e. The Morgan fingerprint density at radius 1 is 0.972 bits per heavy atom. The van der Waals surface area contributed by atoms with E-state index in [1.807, 2.05) is 35.2 Å². The fourth-order valence-electron chi connectivity index (χ4n) is 6.80. The van der Waals surface area contributed by atoms with Crippen molar-refractivity contribution in [1.82, 2.24) is 10.2 Å². The SMILES string of the molecule is O=C(C1C2NC3(c4ccccc4)C(OCc4cc(C(F)(F)F)cc(C(F)(F)F)c4)CC213)N1CCCC1. The third-order valence-electron chi connectivity index (χ3n) is 8.47. The Hall–Kier alpha value is -2.59. The molecule has 10 heteroatoms. The van der Waals surface area contributed by atoms with Gasteiger partial charge in [-0.25, -0.2) is 0 Å². The Balaban J connectivity index is 1.26. The van der Waals surface area contributed by atoms with Crippen molar-refractivity contribution < 1.29 is 35.9 Å². The Kier molecular flexibility index (Phi) is 5.09. The molecular weight excluding hydrogens is 486 g/mol. The number of hydrogen-bond acceptors (Lipinski definition) is 3. The van der Waals surface area contributed by atoms with E-state index >= 15 is 0 Å². The number of carbonyl (C=O) groups is 1. The second kappa shape index (κ2) is 7.71. The number of amides is 1. The van der Waals surface area contributed by atoms with Crippen LogP contribution in [0.4, 0.5) is 26.3 Å². The van der Waals surface area contributed by atoms with Crippen LogP contribution in [0.5, 0.6) is 0 Å². The molecule has 2 saturated carbocycles. The van der Waals surface area contributed by atoms with Gasteiger partial charge in [-0.1, -0.05) is 30.3 Å². The summed E-state index contributed by atoms with van der Waals surface area (Å²) in [6.07, 6.45) is -7.83. The van der Waals surface area contributed by atoms with E-state index in [0.29, 0.717) is 18.6 Å². The lowest BCUT2D eigenvalue weighted by molar-refractivity contribution is -0.191. The van der Waals surface area contributed by atoms with Gasteiger partial charge in [0, 0.05) is 24.5 Å². The Bertz CT molecular complexity index is 1160. The van der Waals surface area contributed by atoms with Gasteiger partial charge in [-0.05, 0) is 48.6 Å². The number of likely N-dealkylation sites (tertiary alicyclic amines) is 1. The molecule has 2 aliphatic carbocycles. The third kappa shape index (κ3) is 3.26. The first-order valence-electron chi connectivity index (χ1n) is 12.0. The van der Waals surface area contributed by atoms with Crippen LogP contribution in [0.25, 0.3) is 0 Å². The van der Waals surface area contributed by atoms with Crippen LogP contribution in [0.2, 0.25) is 0 Å². The molecule has 4 fully saturated rings. The predicted molar refractivity (Wildman–Crippen MR) is 116 cm³/mol. The lowest BCUT2D eigenvalue weighted by Gasteiger charge is -2.64. The molecule has 1 spiro atoms. The molecule has 6 rings (SSSR count). The van der Waals surface area contributed by atoms with E-state index in [0.717, 1.165) is 31.5 Å². The van der Waals surface area contributed by atoms with Crippen molar-refractivity contribution in [2.24, 2.45) is 11.3 Å². The molecule has 0 aromatic heterocycles. The van der Waals surface area contributed by atoms with E-state index in [9.17, 15) is 31.1 Å². The fraction of sp³-hybridized carbons (Fsp3) is 0.500. The Morgan fingerprint density at radius 2 is 1.58 bits per heavy atom. The van der Waals surface area contributed by atoms with Gasteiger partial charge in [0.1, 0.15) is 0 Å². The van der Waals surface area contributed by atoms with Crippen LogP contribution in [0.3, 0.4) is 0 Å². The monoisotopic (exact) mass is 510 g/mol. The first-order chi connectivity index (χ1) is 17.0. The highest BCUT2D eigenvalue weighted by Gasteiger charge is 2.93. The van der Waals surface area contributed by atoms with Crippen molar-refractivity contribution in [2.45, 2.75) is 55.9 Å². The second-order valence-electron chi connectivity index (χ2n) is 10.3. The van der Waals surface area contributed by atoms with E-state index in [1.165, 1.54) is 0 Å². The van der Waals surface area contributed by atoms with E-state index in [2.05, 4.69) is 5.32 Å². The molecular formula is C26H24F6N2O2. The standard InChI is InChI=1S/C26H24F6N2O2/c27-25(28,29)17-10-15(11-18(12-17)26(30,31)32)14-36-19-13-23-20(22(35)34-8-4-5-9-34)21(23)33-24(19,23)16-6-2-1-3-7-16/h1-3,6-7,10-12,19-21,33H,4-5,8-9,13-14H2. The minimum Gasteiger partial charge on any atom is -0.371 e. The van der Waals surface area contributed by atoms with Gasteiger partial charge in [0.05, 0.1) is 35.3 Å². The van der Waals surface area contributed by atoms with E-state index < -0.39 is 41.7 Å². The van der Waals surface area contributed by atoms with Crippen LogP contribution in [-0.2, 0) is 34.0 Å². The Labute approximate surface area is 203 Å². The summed E-state index contributed by atoms with van der Waals surface area (Å²) in [5, 5.41) is 3.52. The maximum atomic E-state index is 13.3. The van der Waals surface area contributed by atoms with Gasteiger partial charge in [-0.2, -0.15) is 26.3 Å². The van der Waals surface area contributed by atoms with Gasteiger partial charge < -0.3 is 15.0 Å². The third-order valence-corrected chi connectivity index (χ3v) is 8.47. The average Bonchev–Trinajstić information content (AvgIpc) is 3.12. The molecule has 2 heterocycles. The Morgan fingerprint density at radius 3 is 2.17 bits per heavy atom. The molecule has 2 aromatic rings. The number of nitrogens with one attached hydrogen (secondary N) is 1. The number of carbonyl (C=O) groups excluding carboxylic acids is 1. The second-order valence-corrected chi connectivity index (χ2v) is 10.3. The zero-order chi connectivity index (χ0) is 25.5. The lowest BCUT2D eigenvalue weighted by Crippen LogP contribution is -2.77. The van der Waals surface area contributed by atoms with E-state index in [4.69, 9.17) is 4.74 Å².